The van der Waals surface area contributed by atoms with Gasteiger partial charge in [0.05, 0.1) is 0 Å². The zero-order valence-electron chi connectivity index (χ0n) is 10.6. The normalized spacial score (nSPS) is 10.3. The molecule has 2 heteroatoms. The molecule has 0 bridgehead atoms. The lowest BCUT2D eigenvalue weighted by Crippen LogP contribution is -2.12. The summed E-state index contributed by atoms with van der Waals surface area (Å²) in [7, 11) is 2.07. The van der Waals surface area contributed by atoms with Crippen LogP contribution in [0.25, 0.3) is 0 Å². The highest BCUT2D eigenvalue weighted by molar-refractivity contribution is 5.70. The average molecular weight is 226 g/mol. The van der Waals surface area contributed by atoms with E-state index in [1.54, 1.807) is 0 Å². The minimum atomic E-state index is 0.797. The molecule has 0 amide bonds. The van der Waals surface area contributed by atoms with Crippen LogP contribution in [0.15, 0.2) is 42.5 Å². The summed E-state index contributed by atoms with van der Waals surface area (Å²) < 4.78 is 0. The Labute approximate surface area is 103 Å². The number of aryl methyl sites for hydroxylation is 2. The van der Waals surface area contributed by atoms with Crippen LogP contribution >= 0.6 is 0 Å². The minimum Gasteiger partial charge on any atom is -0.399 e. The summed E-state index contributed by atoms with van der Waals surface area (Å²) in [6, 6.07) is 14.4. The zero-order valence-corrected chi connectivity index (χ0v) is 10.6. The third kappa shape index (κ3) is 2.26. The molecule has 17 heavy (non-hydrogen) atoms. The van der Waals surface area contributed by atoms with Crippen LogP contribution in [0.2, 0.25) is 0 Å². The maximum Gasteiger partial charge on any atom is 0.0458 e. The quantitative estimate of drug-likeness (QED) is 0.792. The lowest BCUT2D eigenvalue weighted by Gasteiger charge is -2.23. The summed E-state index contributed by atoms with van der Waals surface area (Å²) in [6.07, 6.45) is 0. The van der Waals surface area contributed by atoms with Gasteiger partial charge in [0.2, 0.25) is 0 Å². The largest absolute Gasteiger partial charge is 0.399 e. The summed E-state index contributed by atoms with van der Waals surface area (Å²) in [5.74, 6) is 0. The Morgan fingerprint density at radius 3 is 2.24 bits per heavy atom. The molecular formula is C15H18N2. The molecule has 0 radical (unpaired) electrons. The Morgan fingerprint density at radius 2 is 1.53 bits per heavy atom. The van der Waals surface area contributed by atoms with Crippen molar-refractivity contribution in [2.75, 3.05) is 17.7 Å². The van der Waals surface area contributed by atoms with Gasteiger partial charge in [-0.25, -0.2) is 0 Å². The first kappa shape index (κ1) is 11.5. The molecule has 0 heterocycles. The van der Waals surface area contributed by atoms with Crippen LogP contribution in [0.3, 0.4) is 0 Å². The van der Waals surface area contributed by atoms with Gasteiger partial charge in [0.15, 0.2) is 0 Å². The zero-order chi connectivity index (χ0) is 12.4. The highest BCUT2D eigenvalue weighted by Gasteiger charge is 2.08. The Hall–Kier alpha value is -1.96. The van der Waals surface area contributed by atoms with Crippen LogP contribution < -0.4 is 10.6 Å². The Balaban J connectivity index is 2.47. The van der Waals surface area contributed by atoms with Crippen LogP contribution in [0.4, 0.5) is 17.1 Å². The topological polar surface area (TPSA) is 29.3 Å². The maximum absolute atomic E-state index is 5.85. The van der Waals surface area contributed by atoms with E-state index in [9.17, 15) is 0 Å². The first-order valence-corrected chi connectivity index (χ1v) is 5.75. The van der Waals surface area contributed by atoms with E-state index in [1.165, 1.54) is 16.8 Å². The Morgan fingerprint density at radius 1 is 0.882 bits per heavy atom. The molecular weight excluding hydrogens is 208 g/mol. The van der Waals surface area contributed by atoms with Crippen LogP contribution in [0.1, 0.15) is 11.1 Å². The van der Waals surface area contributed by atoms with Crippen molar-refractivity contribution in [3.63, 3.8) is 0 Å². The smallest absolute Gasteiger partial charge is 0.0458 e. The third-order valence-corrected chi connectivity index (χ3v) is 3.07. The molecule has 0 aromatic heterocycles. The van der Waals surface area contributed by atoms with Crippen molar-refractivity contribution < 1.29 is 0 Å². The summed E-state index contributed by atoms with van der Waals surface area (Å²) in [4.78, 5) is 2.18. The second-order valence-corrected chi connectivity index (χ2v) is 4.39. The molecule has 0 saturated heterocycles. The van der Waals surface area contributed by atoms with E-state index in [4.69, 9.17) is 5.73 Å². The molecule has 2 aromatic carbocycles. The first-order valence-electron chi connectivity index (χ1n) is 5.75. The van der Waals surface area contributed by atoms with Gasteiger partial charge in [-0.3, -0.25) is 0 Å². The van der Waals surface area contributed by atoms with Gasteiger partial charge in [0.25, 0.3) is 0 Å². The number of rotatable bonds is 2. The summed E-state index contributed by atoms with van der Waals surface area (Å²) in [6.45, 7) is 4.22. The molecule has 2 rings (SSSR count). The monoisotopic (exact) mass is 226 g/mol. The number of nitrogen functional groups attached to an aromatic ring is 1. The molecule has 0 aliphatic heterocycles. The van der Waals surface area contributed by atoms with E-state index in [0.717, 1.165) is 11.4 Å². The standard InChI is InChI=1S/C15H18N2/c1-11-6-4-5-7-14(11)17(3)15-10-13(16)9-8-12(15)2/h4-10H,16H2,1-3H3. The SMILES string of the molecule is Cc1ccccc1N(C)c1cc(N)ccc1C. The molecule has 2 nitrogen and oxygen atoms in total. The van der Waals surface area contributed by atoms with Crippen molar-refractivity contribution in [3.8, 4) is 0 Å². The van der Waals surface area contributed by atoms with Crippen molar-refractivity contribution in [2.24, 2.45) is 0 Å². The van der Waals surface area contributed by atoms with E-state index in [0.29, 0.717) is 0 Å². The Bertz CT molecular complexity index is 532. The predicted molar refractivity (Wildman–Crippen MR) is 74.8 cm³/mol. The minimum absolute atomic E-state index is 0.797. The van der Waals surface area contributed by atoms with Crippen molar-refractivity contribution in [2.45, 2.75) is 13.8 Å². The molecule has 0 aliphatic carbocycles. The summed E-state index contributed by atoms with van der Waals surface area (Å²) in [5, 5.41) is 0. The van der Waals surface area contributed by atoms with E-state index < -0.39 is 0 Å². The van der Waals surface area contributed by atoms with Crippen LogP contribution in [0, 0.1) is 13.8 Å². The van der Waals surface area contributed by atoms with Crippen molar-refractivity contribution in [3.05, 3.63) is 53.6 Å². The number of anilines is 3. The molecule has 0 spiro atoms. The highest BCUT2D eigenvalue weighted by Crippen LogP contribution is 2.30. The molecule has 2 aromatic rings. The molecule has 0 unspecified atom stereocenters. The number of nitrogens with two attached hydrogens (primary N) is 1. The summed E-state index contributed by atoms with van der Waals surface area (Å²) in [5.41, 5.74) is 11.5. The van der Waals surface area contributed by atoms with Crippen molar-refractivity contribution in [1.29, 1.82) is 0 Å². The van der Waals surface area contributed by atoms with E-state index in [-0.39, 0.29) is 0 Å². The van der Waals surface area contributed by atoms with Gasteiger partial charge in [0, 0.05) is 24.1 Å². The number of hydrogen-bond donors (Lipinski definition) is 1. The van der Waals surface area contributed by atoms with E-state index in [1.807, 2.05) is 12.1 Å². The second-order valence-electron chi connectivity index (χ2n) is 4.39. The fraction of sp³-hybridized carbons (Fsp3) is 0.200. The second kappa shape index (κ2) is 4.50. The van der Waals surface area contributed by atoms with E-state index in [2.05, 4.69) is 56.1 Å². The summed E-state index contributed by atoms with van der Waals surface area (Å²) >= 11 is 0. The maximum atomic E-state index is 5.85. The third-order valence-electron chi connectivity index (χ3n) is 3.07. The first-order chi connectivity index (χ1) is 8.09. The van der Waals surface area contributed by atoms with Crippen LogP contribution in [0.5, 0.6) is 0 Å². The molecule has 0 atom stereocenters. The van der Waals surface area contributed by atoms with Gasteiger partial charge in [-0.2, -0.15) is 0 Å². The fourth-order valence-electron chi connectivity index (χ4n) is 2.06. The predicted octanol–water partition coefficient (Wildman–Crippen LogP) is 3.65. The Kier molecular flexibility index (Phi) is 3.05. The average Bonchev–Trinajstić information content (AvgIpc) is 2.32. The van der Waals surface area contributed by atoms with Gasteiger partial charge < -0.3 is 10.6 Å². The van der Waals surface area contributed by atoms with E-state index >= 15 is 0 Å². The van der Waals surface area contributed by atoms with Gasteiger partial charge in [-0.05, 0) is 43.2 Å². The number of hydrogen-bond acceptors (Lipinski definition) is 2. The fourth-order valence-corrected chi connectivity index (χ4v) is 2.06. The van der Waals surface area contributed by atoms with Gasteiger partial charge in [-0.1, -0.05) is 24.3 Å². The molecule has 88 valence electrons. The number of benzene rings is 2. The van der Waals surface area contributed by atoms with Gasteiger partial charge >= 0.3 is 0 Å². The number of para-hydroxylation sites is 1. The molecule has 0 fully saturated rings. The lowest BCUT2D eigenvalue weighted by molar-refractivity contribution is 1.17. The molecule has 0 aliphatic rings. The number of nitrogens with zero attached hydrogens (tertiary/aromatic N) is 1. The van der Waals surface area contributed by atoms with Crippen molar-refractivity contribution in [1.82, 2.24) is 0 Å². The van der Waals surface area contributed by atoms with Gasteiger partial charge in [0.1, 0.15) is 0 Å². The van der Waals surface area contributed by atoms with Crippen LogP contribution in [-0.4, -0.2) is 7.05 Å². The lowest BCUT2D eigenvalue weighted by atomic mass is 10.1. The molecule has 2 N–H and O–H groups in total. The van der Waals surface area contributed by atoms with Crippen LogP contribution in [-0.2, 0) is 0 Å². The van der Waals surface area contributed by atoms with Gasteiger partial charge in [-0.15, -0.1) is 0 Å². The molecule has 0 saturated carbocycles. The highest BCUT2D eigenvalue weighted by atomic mass is 15.1. The van der Waals surface area contributed by atoms with Crippen molar-refractivity contribution >= 4 is 17.1 Å².